The molecular weight excluding hydrogens is 234 g/mol. The minimum atomic E-state index is -0.569. The van der Waals surface area contributed by atoms with Crippen LogP contribution in [0, 0.1) is 0 Å². The number of nitrogens with zero attached hydrogens (tertiary/aromatic N) is 1. The highest BCUT2D eigenvalue weighted by molar-refractivity contribution is 6.04. The molecule has 1 aliphatic heterocycles. The van der Waals surface area contributed by atoms with Gasteiger partial charge >= 0.3 is 0 Å². The van der Waals surface area contributed by atoms with Crippen molar-refractivity contribution in [2.75, 3.05) is 13.1 Å². The van der Waals surface area contributed by atoms with Crippen molar-refractivity contribution in [3.63, 3.8) is 0 Å². The number of amides is 3. The lowest BCUT2D eigenvalue weighted by molar-refractivity contribution is -0.149. The quantitative estimate of drug-likeness (QED) is 0.658. The van der Waals surface area contributed by atoms with E-state index in [-0.39, 0.29) is 19.0 Å². The van der Waals surface area contributed by atoms with Crippen molar-refractivity contribution in [2.24, 2.45) is 0 Å². The Morgan fingerprint density at radius 2 is 2.06 bits per heavy atom. The fraction of sp³-hybridized carbons (Fsp3) is 0.750. The van der Waals surface area contributed by atoms with Gasteiger partial charge in [-0.3, -0.25) is 19.7 Å². The summed E-state index contributed by atoms with van der Waals surface area (Å²) < 4.78 is 0. The third-order valence-electron chi connectivity index (χ3n) is 3.64. The molecule has 3 amide bonds. The van der Waals surface area contributed by atoms with Crippen LogP contribution in [0.25, 0.3) is 0 Å². The van der Waals surface area contributed by atoms with E-state index in [1.807, 2.05) is 0 Å². The van der Waals surface area contributed by atoms with E-state index in [2.05, 4.69) is 10.6 Å². The van der Waals surface area contributed by atoms with Gasteiger partial charge in [0.1, 0.15) is 12.6 Å². The molecule has 1 saturated carbocycles. The Hall–Kier alpha value is -1.43. The molecule has 0 aromatic rings. The summed E-state index contributed by atoms with van der Waals surface area (Å²) in [6.45, 7) is 1.81. The molecule has 1 aliphatic carbocycles. The first kappa shape index (κ1) is 13.0. The van der Waals surface area contributed by atoms with Crippen LogP contribution in [0.1, 0.15) is 32.6 Å². The summed E-state index contributed by atoms with van der Waals surface area (Å²) in [4.78, 5) is 36.0. The first-order chi connectivity index (χ1) is 8.58. The molecule has 18 heavy (non-hydrogen) atoms. The maximum Gasteiger partial charge on any atom is 0.249 e. The zero-order valence-electron chi connectivity index (χ0n) is 10.6. The lowest BCUT2D eigenvalue weighted by atomic mass is 10.2. The van der Waals surface area contributed by atoms with E-state index < -0.39 is 17.9 Å². The van der Waals surface area contributed by atoms with Gasteiger partial charge in [-0.15, -0.1) is 0 Å². The van der Waals surface area contributed by atoms with Crippen LogP contribution in [0.2, 0.25) is 0 Å². The second-order valence-electron chi connectivity index (χ2n) is 4.97. The monoisotopic (exact) mass is 253 g/mol. The molecule has 2 aliphatic rings. The summed E-state index contributed by atoms with van der Waals surface area (Å²) in [5, 5.41) is 5.41. The van der Waals surface area contributed by atoms with Gasteiger partial charge in [-0.05, 0) is 19.8 Å². The molecule has 0 aromatic heterocycles. The first-order valence-electron chi connectivity index (χ1n) is 6.44. The van der Waals surface area contributed by atoms with Crippen molar-refractivity contribution < 1.29 is 14.4 Å². The SMILES string of the molecule is CC1C(=O)NC(=O)CN1C(=O)CNC1CCCC1. The van der Waals surface area contributed by atoms with Gasteiger partial charge < -0.3 is 10.2 Å². The van der Waals surface area contributed by atoms with Gasteiger partial charge in [-0.1, -0.05) is 12.8 Å². The van der Waals surface area contributed by atoms with Gasteiger partial charge in [-0.2, -0.15) is 0 Å². The molecule has 1 saturated heterocycles. The molecule has 0 aromatic carbocycles. The van der Waals surface area contributed by atoms with Crippen molar-refractivity contribution in [3.05, 3.63) is 0 Å². The van der Waals surface area contributed by atoms with Crippen molar-refractivity contribution in [1.29, 1.82) is 0 Å². The Morgan fingerprint density at radius 3 is 2.72 bits per heavy atom. The Labute approximate surface area is 106 Å². The summed E-state index contributed by atoms with van der Waals surface area (Å²) in [5.41, 5.74) is 0. The van der Waals surface area contributed by atoms with Crippen molar-refractivity contribution in [2.45, 2.75) is 44.7 Å². The minimum Gasteiger partial charge on any atom is -0.321 e. The largest absolute Gasteiger partial charge is 0.321 e. The van der Waals surface area contributed by atoms with Crippen LogP contribution in [0.3, 0.4) is 0 Å². The summed E-state index contributed by atoms with van der Waals surface area (Å²) in [6, 6.07) is -0.167. The van der Waals surface area contributed by atoms with E-state index in [1.165, 1.54) is 17.7 Å². The third-order valence-corrected chi connectivity index (χ3v) is 3.64. The molecule has 2 fully saturated rings. The van der Waals surface area contributed by atoms with E-state index >= 15 is 0 Å². The molecule has 0 bridgehead atoms. The first-order valence-corrected chi connectivity index (χ1v) is 6.44. The van der Waals surface area contributed by atoms with E-state index in [0.29, 0.717) is 6.04 Å². The fourth-order valence-corrected chi connectivity index (χ4v) is 2.48. The maximum atomic E-state index is 12.0. The lowest BCUT2D eigenvalue weighted by Gasteiger charge is -2.32. The van der Waals surface area contributed by atoms with E-state index in [0.717, 1.165) is 12.8 Å². The number of hydrogen-bond donors (Lipinski definition) is 2. The van der Waals surface area contributed by atoms with Gasteiger partial charge in [0.05, 0.1) is 6.54 Å². The number of nitrogens with one attached hydrogen (secondary N) is 2. The molecule has 2 rings (SSSR count). The molecule has 0 spiro atoms. The molecular formula is C12H19N3O3. The highest BCUT2D eigenvalue weighted by Gasteiger charge is 2.33. The number of carbonyl (C=O) groups is 3. The van der Waals surface area contributed by atoms with Crippen molar-refractivity contribution in [1.82, 2.24) is 15.5 Å². The van der Waals surface area contributed by atoms with Crippen LogP contribution in [-0.2, 0) is 14.4 Å². The predicted molar refractivity (Wildman–Crippen MR) is 64.6 cm³/mol. The molecule has 6 heteroatoms. The van der Waals surface area contributed by atoms with Gasteiger partial charge in [0.15, 0.2) is 0 Å². The second-order valence-corrected chi connectivity index (χ2v) is 4.97. The summed E-state index contributed by atoms with van der Waals surface area (Å²) in [7, 11) is 0. The van der Waals surface area contributed by atoms with Crippen LogP contribution in [0.15, 0.2) is 0 Å². The van der Waals surface area contributed by atoms with Crippen LogP contribution in [0.5, 0.6) is 0 Å². The molecule has 100 valence electrons. The zero-order valence-corrected chi connectivity index (χ0v) is 10.6. The topological polar surface area (TPSA) is 78.5 Å². The van der Waals surface area contributed by atoms with Crippen molar-refractivity contribution in [3.8, 4) is 0 Å². The Morgan fingerprint density at radius 1 is 1.39 bits per heavy atom. The Balaban J connectivity index is 1.86. The highest BCUT2D eigenvalue weighted by atomic mass is 16.2. The smallest absolute Gasteiger partial charge is 0.249 e. The molecule has 2 N–H and O–H groups in total. The minimum absolute atomic E-state index is 0.0297. The van der Waals surface area contributed by atoms with Gasteiger partial charge in [-0.25, -0.2) is 0 Å². The van der Waals surface area contributed by atoms with Crippen LogP contribution < -0.4 is 10.6 Å². The number of imide groups is 1. The molecule has 6 nitrogen and oxygen atoms in total. The average Bonchev–Trinajstić information content (AvgIpc) is 2.83. The summed E-state index contributed by atoms with van der Waals surface area (Å²) in [6.07, 6.45) is 4.60. The Kier molecular flexibility index (Phi) is 3.96. The van der Waals surface area contributed by atoms with E-state index in [1.54, 1.807) is 6.92 Å². The summed E-state index contributed by atoms with van der Waals surface area (Å²) in [5.74, 6) is -0.995. The predicted octanol–water partition coefficient (Wildman–Crippen LogP) is -0.608. The molecule has 0 radical (unpaired) electrons. The van der Waals surface area contributed by atoms with Gasteiger partial charge in [0.25, 0.3) is 0 Å². The van der Waals surface area contributed by atoms with E-state index in [4.69, 9.17) is 0 Å². The summed E-state index contributed by atoms with van der Waals surface area (Å²) >= 11 is 0. The molecule has 1 unspecified atom stereocenters. The molecule has 1 heterocycles. The average molecular weight is 253 g/mol. The fourth-order valence-electron chi connectivity index (χ4n) is 2.48. The Bertz CT molecular complexity index is 364. The second kappa shape index (κ2) is 5.48. The van der Waals surface area contributed by atoms with Crippen molar-refractivity contribution >= 4 is 17.7 Å². The van der Waals surface area contributed by atoms with Gasteiger partial charge in [0, 0.05) is 6.04 Å². The lowest BCUT2D eigenvalue weighted by Crippen LogP contribution is -2.60. The van der Waals surface area contributed by atoms with Crippen LogP contribution >= 0.6 is 0 Å². The maximum absolute atomic E-state index is 12.0. The standard InChI is InChI=1S/C12H19N3O3/c1-8-12(18)14-10(16)7-15(8)11(17)6-13-9-4-2-3-5-9/h8-9,13H,2-7H2,1H3,(H,14,16,18). The number of piperazine rings is 1. The normalized spacial score (nSPS) is 25.4. The zero-order chi connectivity index (χ0) is 13.1. The third kappa shape index (κ3) is 2.87. The van der Waals surface area contributed by atoms with E-state index in [9.17, 15) is 14.4 Å². The number of hydrogen-bond acceptors (Lipinski definition) is 4. The number of rotatable bonds is 3. The van der Waals surface area contributed by atoms with Crippen LogP contribution in [0.4, 0.5) is 0 Å². The highest BCUT2D eigenvalue weighted by Crippen LogP contribution is 2.17. The number of carbonyl (C=O) groups excluding carboxylic acids is 3. The van der Waals surface area contributed by atoms with Crippen LogP contribution in [-0.4, -0.2) is 47.8 Å². The molecule has 1 atom stereocenters. The van der Waals surface area contributed by atoms with Gasteiger partial charge in [0.2, 0.25) is 17.7 Å².